The van der Waals surface area contributed by atoms with E-state index in [1.54, 1.807) is 0 Å². The average Bonchev–Trinajstić information content (AvgIpc) is 2.20. The van der Waals surface area contributed by atoms with Crippen molar-refractivity contribution in [1.82, 2.24) is 0 Å². The molecule has 0 aliphatic heterocycles. The first-order valence-electron chi connectivity index (χ1n) is 3.72. The molecule has 0 aliphatic rings. The van der Waals surface area contributed by atoms with Gasteiger partial charge >= 0.3 is 0 Å². The lowest BCUT2D eigenvalue weighted by atomic mass is 10.0. The second kappa shape index (κ2) is 4.11. The number of halogens is 1. The molecule has 1 rings (SSSR count). The normalized spacial score (nSPS) is 9.43. The van der Waals surface area contributed by atoms with Gasteiger partial charge in [0.25, 0.3) is 0 Å². The number of carbonyl (C=O) groups is 1. The van der Waals surface area contributed by atoms with Crippen molar-refractivity contribution in [2.75, 3.05) is 11.1 Å². The number of carbonyl (C=O) groups excluding carboxylic acids is 1. The van der Waals surface area contributed by atoms with Crippen LogP contribution in [-0.4, -0.2) is 16.2 Å². The molecule has 0 fully saturated rings. The minimum atomic E-state index is -0.267. The van der Waals surface area contributed by atoms with Crippen molar-refractivity contribution in [2.45, 2.75) is 0 Å². The summed E-state index contributed by atoms with van der Waals surface area (Å²) in [6.07, 6.45) is 0. The minimum Gasteiger partial charge on any atom is -0.506 e. The molecule has 1 aromatic rings. The lowest BCUT2D eigenvalue weighted by molar-refractivity contribution is 0.102. The van der Waals surface area contributed by atoms with Crippen LogP contribution in [0.25, 0.3) is 0 Å². The summed E-state index contributed by atoms with van der Waals surface area (Å²) < 4.78 is 0. The van der Waals surface area contributed by atoms with Gasteiger partial charge in [-0.1, -0.05) is 15.9 Å². The molecule has 0 aliphatic carbocycles. The Kier molecular flexibility index (Phi) is 3.10. The second-order valence-corrected chi connectivity index (χ2v) is 3.19. The Morgan fingerprint density at radius 1 is 1.64 bits per heavy atom. The molecule has 1 aromatic carbocycles. The summed E-state index contributed by atoms with van der Waals surface area (Å²) in [4.78, 5) is 11.3. The zero-order valence-electron chi connectivity index (χ0n) is 7.12. The lowest BCUT2D eigenvalue weighted by Gasteiger charge is -2.04. The number of nitriles is 1. The van der Waals surface area contributed by atoms with Crippen LogP contribution in [0.5, 0.6) is 5.75 Å². The highest BCUT2D eigenvalue weighted by atomic mass is 79.9. The summed E-state index contributed by atoms with van der Waals surface area (Å²) in [5.74, 6) is -0.454. The fourth-order valence-corrected chi connectivity index (χ4v) is 1.30. The summed E-state index contributed by atoms with van der Waals surface area (Å²) in [5, 5.41) is 18.1. The Balaban J connectivity index is 3.36. The van der Waals surface area contributed by atoms with Crippen LogP contribution in [-0.2, 0) is 0 Å². The molecular weight excluding hydrogens is 248 g/mol. The predicted octanol–water partition coefficient (Wildman–Crippen LogP) is 1.42. The Morgan fingerprint density at radius 2 is 2.29 bits per heavy atom. The number of ketones is 1. The Labute approximate surface area is 89.1 Å². The molecule has 14 heavy (non-hydrogen) atoms. The van der Waals surface area contributed by atoms with E-state index in [0.29, 0.717) is 0 Å². The van der Waals surface area contributed by atoms with Crippen molar-refractivity contribution in [1.29, 1.82) is 5.26 Å². The maximum atomic E-state index is 11.3. The van der Waals surface area contributed by atoms with Crippen LogP contribution in [0.3, 0.4) is 0 Å². The van der Waals surface area contributed by atoms with E-state index in [0.717, 1.165) is 0 Å². The number of rotatable bonds is 2. The first-order valence-corrected chi connectivity index (χ1v) is 4.84. The molecule has 0 radical (unpaired) electrons. The number of hydrogen-bond donors (Lipinski definition) is 2. The Bertz CT molecular complexity index is 424. The molecule has 0 atom stereocenters. The summed E-state index contributed by atoms with van der Waals surface area (Å²) in [7, 11) is 0. The quantitative estimate of drug-likeness (QED) is 0.362. The maximum absolute atomic E-state index is 11.3. The van der Waals surface area contributed by atoms with Gasteiger partial charge in [-0.3, -0.25) is 4.79 Å². The van der Waals surface area contributed by atoms with Crippen molar-refractivity contribution in [2.24, 2.45) is 0 Å². The molecule has 3 N–H and O–H groups in total. The van der Waals surface area contributed by atoms with E-state index in [1.807, 2.05) is 6.07 Å². The molecule has 0 saturated carbocycles. The number of benzene rings is 1. The van der Waals surface area contributed by atoms with Crippen LogP contribution in [0.4, 0.5) is 5.69 Å². The number of phenolic OH excluding ortho intramolecular Hbond substituents is 1. The predicted molar refractivity (Wildman–Crippen MR) is 55.4 cm³/mol. The fourth-order valence-electron chi connectivity index (χ4n) is 1.00. The van der Waals surface area contributed by atoms with E-state index in [9.17, 15) is 9.90 Å². The fraction of sp³-hybridized carbons (Fsp3) is 0.111. The Morgan fingerprint density at radius 3 is 2.79 bits per heavy atom. The van der Waals surface area contributed by atoms with Gasteiger partial charge in [-0.15, -0.1) is 0 Å². The van der Waals surface area contributed by atoms with E-state index < -0.39 is 0 Å². The number of Topliss-reactive ketones (excluding diaryl/α,β-unsaturated/α-hetero) is 1. The number of alkyl halides is 1. The van der Waals surface area contributed by atoms with Gasteiger partial charge in [0.1, 0.15) is 5.75 Å². The third-order valence-electron chi connectivity index (χ3n) is 1.71. The van der Waals surface area contributed by atoms with E-state index in [-0.39, 0.29) is 33.7 Å². The van der Waals surface area contributed by atoms with Gasteiger partial charge in [0, 0.05) is 5.56 Å². The molecule has 0 spiro atoms. The van der Waals surface area contributed by atoms with Crippen molar-refractivity contribution < 1.29 is 9.90 Å². The van der Waals surface area contributed by atoms with E-state index in [1.165, 1.54) is 12.1 Å². The van der Waals surface area contributed by atoms with E-state index in [2.05, 4.69) is 15.9 Å². The SMILES string of the molecule is N#Cc1cc(N)c(O)cc1C(=O)CBr. The third kappa shape index (κ3) is 1.86. The van der Waals surface area contributed by atoms with E-state index >= 15 is 0 Å². The smallest absolute Gasteiger partial charge is 0.174 e. The number of phenols is 1. The molecule has 0 bridgehead atoms. The van der Waals surface area contributed by atoms with Gasteiger partial charge in [-0.2, -0.15) is 5.26 Å². The van der Waals surface area contributed by atoms with Crippen LogP contribution in [0.1, 0.15) is 15.9 Å². The van der Waals surface area contributed by atoms with Gasteiger partial charge in [0.15, 0.2) is 5.78 Å². The average molecular weight is 255 g/mol. The zero-order chi connectivity index (χ0) is 10.7. The maximum Gasteiger partial charge on any atom is 0.174 e. The molecular formula is C9H7BrN2O2. The molecule has 0 heterocycles. The van der Waals surface area contributed by atoms with E-state index in [4.69, 9.17) is 11.0 Å². The number of nitrogen functional groups attached to an aromatic ring is 1. The topological polar surface area (TPSA) is 87.1 Å². The highest BCUT2D eigenvalue weighted by molar-refractivity contribution is 9.09. The van der Waals surface area contributed by atoms with Crippen LogP contribution in [0.15, 0.2) is 12.1 Å². The van der Waals surface area contributed by atoms with Crippen LogP contribution in [0, 0.1) is 11.3 Å². The van der Waals surface area contributed by atoms with Crippen molar-refractivity contribution in [3.63, 3.8) is 0 Å². The monoisotopic (exact) mass is 254 g/mol. The minimum absolute atomic E-state index is 0.0904. The lowest BCUT2D eigenvalue weighted by Crippen LogP contribution is -2.04. The highest BCUT2D eigenvalue weighted by Crippen LogP contribution is 2.24. The molecule has 0 amide bonds. The summed E-state index contributed by atoms with van der Waals surface area (Å²) in [6, 6.07) is 4.33. The number of hydrogen-bond acceptors (Lipinski definition) is 4. The standard InChI is InChI=1S/C9H7BrN2O2/c10-3-9(14)6-2-8(13)7(12)1-5(6)4-11/h1-2,13H,3,12H2. The molecule has 72 valence electrons. The molecule has 5 heteroatoms. The largest absolute Gasteiger partial charge is 0.506 e. The number of nitrogens with zero attached hydrogens (tertiary/aromatic N) is 1. The van der Waals surface area contributed by atoms with Crippen molar-refractivity contribution in [3.8, 4) is 11.8 Å². The first kappa shape index (κ1) is 10.5. The van der Waals surface area contributed by atoms with Crippen LogP contribution < -0.4 is 5.73 Å². The third-order valence-corrected chi connectivity index (χ3v) is 2.22. The molecule has 0 unspecified atom stereocenters. The number of anilines is 1. The summed E-state index contributed by atoms with van der Waals surface area (Å²) >= 11 is 2.99. The van der Waals surface area contributed by atoms with Gasteiger partial charge in [0.2, 0.25) is 0 Å². The zero-order valence-corrected chi connectivity index (χ0v) is 8.71. The van der Waals surface area contributed by atoms with Crippen molar-refractivity contribution in [3.05, 3.63) is 23.3 Å². The van der Waals surface area contributed by atoms with Gasteiger partial charge < -0.3 is 10.8 Å². The number of aromatic hydroxyl groups is 1. The summed E-state index contributed by atoms with van der Waals surface area (Å²) in [6.45, 7) is 0. The molecule has 0 aromatic heterocycles. The molecule has 4 nitrogen and oxygen atoms in total. The molecule has 0 saturated heterocycles. The first-order chi connectivity index (χ1) is 6.60. The highest BCUT2D eigenvalue weighted by Gasteiger charge is 2.12. The van der Waals surface area contributed by atoms with Crippen LogP contribution >= 0.6 is 15.9 Å². The second-order valence-electron chi connectivity index (χ2n) is 2.63. The van der Waals surface area contributed by atoms with Crippen LogP contribution in [0.2, 0.25) is 0 Å². The van der Waals surface area contributed by atoms with Crippen molar-refractivity contribution >= 4 is 27.4 Å². The number of nitrogens with two attached hydrogens (primary N) is 1. The van der Waals surface area contributed by atoms with Gasteiger partial charge in [0.05, 0.1) is 22.7 Å². The van der Waals surface area contributed by atoms with Gasteiger partial charge in [-0.25, -0.2) is 0 Å². The Hall–Kier alpha value is -1.54. The summed E-state index contributed by atoms with van der Waals surface area (Å²) in [5.41, 5.74) is 5.82. The van der Waals surface area contributed by atoms with Gasteiger partial charge in [-0.05, 0) is 12.1 Å².